The van der Waals surface area contributed by atoms with Crippen molar-refractivity contribution in [1.29, 1.82) is 0 Å². The van der Waals surface area contributed by atoms with Crippen LogP contribution in [0.15, 0.2) is 0 Å². The number of hydrogen-bond donors (Lipinski definition) is 4. The van der Waals surface area contributed by atoms with Crippen LogP contribution in [0, 0.1) is 23.7 Å². The first kappa shape index (κ1) is 14.2. The number of ether oxygens (including phenoxy) is 2. The third kappa shape index (κ3) is 1.71. The van der Waals surface area contributed by atoms with Gasteiger partial charge in [0.1, 0.15) is 5.60 Å². The van der Waals surface area contributed by atoms with Crippen LogP contribution in [-0.2, 0) is 9.47 Å². The molecule has 0 saturated carbocycles. The second kappa shape index (κ2) is 5.40. The monoisotopic (exact) mass is 262 g/mol. The average molecular weight is 262 g/mol. The number of hydrogen-bond acceptors (Lipinski definition) is 6. The van der Waals surface area contributed by atoms with E-state index in [1.165, 1.54) is 7.11 Å². The largest absolute Gasteiger partial charge is 0.396 e. The lowest BCUT2D eigenvalue weighted by atomic mass is 9.62. The van der Waals surface area contributed by atoms with Gasteiger partial charge in [-0.05, 0) is 0 Å². The van der Waals surface area contributed by atoms with Gasteiger partial charge in [-0.15, -0.1) is 0 Å². The molecule has 2 rings (SSSR count). The van der Waals surface area contributed by atoms with Gasteiger partial charge >= 0.3 is 0 Å². The fourth-order valence-corrected chi connectivity index (χ4v) is 3.89. The normalized spacial score (nSPS) is 46.8. The van der Waals surface area contributed by atoms with Crippen LogP contribution >= 0.6 is 0 Å². The summed E-state index contributed by atoms with van der Waals surface area (Å²) in [4.78, 5) is 0. The van der Waals surface area contributed by atoms with Crippen LogP contribution in [0.2, 0.25) is 0 Å². The molecule has 106 valence electrons. The zero-order chi connectivity index (χ0) is 13.3. The third-order valence-electron chi connectivity index (χ3n) is 4.67. The first-order chi connectivity index (χ1) is 8.69. The molecular weight excluding hydrogens is 240 g/mol. The molecular formula is C12H22O6. The Morgan fingerprint density at radius 3 is 1.78 bits per heavy atom. The zero-order valence-corrected chi connectivity index (χ0v) is 10.5. The van der Waals surface area contributed by atoms with Crippen molar-refractivity contribution in [3.8, 4) is 0 Å². The molecule has 0 spiro atoms. The Kier molecular flexibility index (Phi) is 4.25. The second-order valence-electron chi connectivity index (χ2n) is 5.24. The van der Waals surface area contributed by atoms with Crippen LogP contribution in [-0.4, -0.2) is 72.3 Å². The standard InChI is InChI=1S/C12H22O6/c1-17-6-12-9(4-15)7(2-13)11(18-12)8(3-14)10(12)5-16/h7-11,13-16H,2-6H2,1H3/t7-,8+,9+,10-,11?,12?. The van der Waals surface area contributed by atoms with E-state index in [2.05, 4.69) is 0 Å². The Hall–Kier alpha value is -0.240. The first-order valence-electron chi connectivity index (χ1n) is 6.30. The third-order valence-corrected chi connectivity index (χ3v) is 4.67. The van der Waals surface area contributed by atoms with Crippen molar-refractivity contribution in [2.45, 2.75) is 11.7 Å². The highest BCUT2D eigenvalue weighted by atomic mass is 16.6. The van der Waals surface area contributed by atoms with Gasteiger partial charge in [0.15, 0.2) is 0 Å². The molecule has 2 aliphatic rings. The summed E-state index contributed by atoms with van der Waals surface area (Å²) in [6, 6.07) is 0. The Labute approximate surface area is 106 Å². The molecule has 18 heavy (non-hydrogen) atoms. The molecule has 0 aromatic rings. The molecule has 2 fully saturated rings. The van der Waals surface area contributed by atoms with Crippen LogP contribution in [0.3, 0.4) is 0 Å². The summed E-state index contributed by atoms with van der Waals surface area (Å²) < 4.78 is 11.1. The fourth-order valence-electron chi connectivity index (χ4n) is 3.89. The first-order valence-corrected chi connectivity index (χ1v) is 6.30. The number of methoxy groups -OCH3 is 1. The molecule has 2 saturated heterocycles. The van der Waals surface area contributed by atoms with Gasteiger partial charge in [-0.1, -0.05) is 0 Å². The van der Waals surface area contributed by atoms with Crippen LogP contribution in [0.1, 0.15) is 0 Å². The Morgan fingerprint density at radius 1 is 0.944 bits per heavy atom. The Morgan fingerprint density at radius 2 is 1.44 bits per heavy atom. The van der Waals surface area contributed by atoms with E-state index in [1.54, 1.807) is 0 Å². The van der Waals surface area contributed by atoms with Gasteiger partial charge in [0.05, 0.1) is 12.7 Å². The van der Waals surface area contributed by atoms with Crippen LogP contribution < -0.4 is 0 Å². The van der Waals surface area contributed by atoms with E-state index in [-0.39, 0.29) is 62.8 Å². The number of rotatable bonds is 6. The molecule has 6 atom stereocenters. The maximum atomic E-state index is 9.56. The van der Waals surface area contributed by atoms with Crippen molar-refractivity contribution in [1.82, 2.24) is 0 Å². The van der Waals surface area contributed by atoms with E-state index in [1.807, 2.05) is 0 Å². The summed E-state index contributed by atoms with van der Waals surface area (Å²) >= 11 is 0. The van der Waals surface area contributed by atoms with Crippen LogP contribution in [0.4, 0.5) is 0 Å². The predicted molar refractivity (Wildman–Crippen MR) is 61.8 cm³/mol. The summed E-state index contributed by atoms with van der Waals surface area (Å²) in [7, 11) is 1.54. The quantitative estimate of drug-likeness (QED) is 0.451. The maximum absolute atomic E-state index is 9.56. The van der Waals surface area contributed by atoms with E-state index in [9.17, 15) is 20.4 Å². The minimum absolute atomic E-state index is 0.101. The summed E-state index contributed by atoms with van der Waals surface area (Å²) in [5.41, 5.74) is -0.802. The molecule has 2 unspecified atom stereocenters. The van der Waals surface area contributed by atoms with Crippen molar-refractivity contribution in [2.75, 3.05) is 40.1 Å². The Bertz CT molecular complexity index is 264. The predicted octanol–water partition coefficient (Wildman–Crippen LogP) is -1.78. The van der Waals surface area contributed by atoms with E-state index in [4.69, 9.17) is 9.47 Å². The molecule has 0 aromatic carbocycles. The molecule has 2 aliphatic heterocycles. The SMILES string of the molecule is COCC12OC([C@@H](CO)[C@H]1CO)[C@H](CO)[C@@H]2CO. The van der Waals surface area contributed by atoms with E-state index in [0.717, 1.165) is 0 Å². The Balaban J connectivity index is 2.35. The topological polar surface area (TPSA) is 99.4 Å². The maximum Gasteiger partial charge on any atom is 0.103 e. The van der Waals surface area contributed by atoms with Gasteiger partial charge < -0.3 is 29.9 Å². The molecule has 0 aliphatic carbocycles. The molecule has 0 aromatic heterocycles. The molecule has 2 heterocycles. The van der Waals surface area contributed by atoms with Crippen LogP contribution in [0.25, 0.3) is 0 Å². The molecule has 4 N–H and O–H groups in total. The summed E-state index contributed by atoms with van der Waals surface area (Å²) in [6.45, 7) is -0.210. The lowest BCUT2D eigenvalue weighted by Crippen LogP contribution is -2.55. The van der Waals surface area contributed by atoms with E-state index >= 15 is 0 Å². The minimum atomic E-state index is -0.802. The van der Waals surface area contributed by atoms with Gasteiger partial charge in [0, 0.05) is 57.2 Å². The van der Waals surface area contributed by atoms with Crippen molar-refractivity contribution in [3.63, 3.8) is 0 Å². The second-order valence-corrected chi connectivity index (χ2v) is 5.24. The molecule has 2 bridgehead atoms. The summed E-state index contributed by atoms with van der Waals surface area (Å²) in [6.07, 6.45) is -0.329. The number of aliphatic hydroxyl groups excluding tert-OH is 4. The van der Waals surface area contributed by atoms with Crippen molar-refractivity contribution in [3.05, 3.63) is 0 Å². The number of aliphatic hydroxyl groups is 4. The summed E-state index contributed by atoms with van der Waals surface area (Å²) in [5.74, 6) is -0.977. The highest BCUT2D eigenvalue weighted by Crippen LogP contribution is 2.56. The van der Waals surface area contributed by atoms with Gasteiger partial charge in [-0.25, -0.2) is 0 Å². The van der Waals surface area contributed by atoms with Crippen molar-refractivity contribution in [2.24, 2.45) is 23.7 Å². The van der Waals surface area contributed by atoms with Gasteiger partial charge in [0.25, 0.3) is 0 Å². The van der Waals surface area contributed by atoms with E-state index < -0.39 is 5.60 Å². The van der Waals surface area contributed by atoms with Gasteiger partial charge in [-0.3, -0.25) is 0 Å². The fraction of sp³-hybridized carbons (Fsp3) is 1.00. The van der Waals surface area contributed by atoms with Crippen molar-refractivity contribution < 1.29 is 29.9 Å². The molecule has 0 radical (unpaired) electrons. The molecule has 0 amide bonds. The highest BCUT2D eigenvalue weighted by Gasteiger charge is 2.67. The molecule has 6 nitrogen and oxygen atoms in total. The lowest BCUT2D eigenvalue weighted by molar-refractivity contribution is -0.104. The lowest BCUT2D eigenvalue weighted by Gasteiger charge is -2.42. The smallest absolute Gasteiger partial charge is 0.103 e. The minimum Gasteiger partial charge on any atom is -0.396 e. The van der Waals surface area contributed by atoms with Crippen LogP contribution in [0.5, 0.6) is 0 Å². The zero-order valence-electron chi connectivity index (χ0n) is 10.5. The highest BCUT2D eigenvalue weighted by molar-refractivity contribution is 5.14. The average Bonchev–Trinajstić information content (AvgIpc) is 2.86. The van der Waals surface area contributed by atoms with E-state index in [0.29, 0.717) is 0 Å². The number of fused-ring (bicyclic) bond motifs is 2. The van der Waals surface area contributed by atoms with Gasteiger partial charge in [-0.2, -0.15) is 0 Å². The molecule has 6 heteroatoms. The summed E-state index contributed by atoms with van der Waals surface area (Å²) in [5, 5.41) is 38.1. The van der Waals surface area contributed by atoms with Crippen molar-refractivity contribution >= 4 is 0 Å². The van der Waals surface area contributed by atoms with Gasteiger partial charge in [0.2, 0.25) is 0 Å².